The van der Waals surface area contributed by atoms with Crippen LogP contribution < -0.4 is 5.32 Å². The maximum absolute atomic E-state index is 8.59. The molecular formula is C10H20ClN3O. The molecule has 4 nitrogen and oxygen atoms in total. The third-order valence-electron chi connectivity index (χ3n) is 2.17. The van der Waals surface area contributed by atoms with Crippen molar-refractivity contribution in [3.8, 4) is 0 Å². The zero-order chi connectivity index (χ0) is 10.2. The van der Waals surface area contributed by atoms with Crippen molar-refractivity contribution in [2.24, 2.45) is 0 Å². The van der Waals surface area contributed by atoms with E-state index in [-0.39, 0.29) is 19.0 Å². The van der Waals surface area contributed by atoms with E-state index in [1.807, 2.05) is 16.9 Å². The highest BCUT2D eigenvalue weighted by Crippen LogP contribution is 1.97. The first-order valence-corrected chi connectivity index (χ1v) is 5.20. The predicted octanol–water partition coefficient (Wildman–Crippen LogP) is 1.19. The largest absolute Gasteiger partial charge is 0.396 e. The van der Waals surface area contributed by atoms with Crippen molar-refractivity contribution in [2.45, 2.75) is 32.9 Å². The normalized spacial score (nSPS) is 10.0. The lowest BCUT2D eigenvalue weighted by Gasteiger charge is -2.05. The molecule has 1 aromatic rings. The first-order chi connectivity index (χ1) is 6.88. The van der Waals surface area contributed by atoms with Crippen molar-refractivity contribution in [2.75, 3.05) is 13.2 Å². The number of nitrogens with one attached hydrogen (secondary N) is 1. The summed E-state index contributed by atoms with van der Waals surface area (Å²) in [6.07, 6.45) is 3.73. The highest BCUT2D eigenvalue weighted by molar-refractivity contribution is 5.85. The van der Waals surface area contributed by atoms with E-state index < -0.39 is 0 Å². The summed E-state index contributed by atoms with van der Waals surface area (Å²) < 4.78 is 1.99. The maximum atomic E-state index is 8.59. The Kier molecular flexibility index (Phi) is 8.37. The van der Waals surface area contributed by atoms with Gasteiger partial charge in [0.15, 0.2) is 0 Å². The van der Waals surface area contributed by atoms with Crippen LogP contribution in [-0.2, 0) is 13.1 Å². The van der Waals surface area contributed by atoms with E-state index in [2.05, 4.69) is 17.3 Å². The standard InChI is InChI=1S/C10H19N3O.ClH/c1-2-13-10(5-7-12-13)9-11-6-3-4-8-14;/h5,7,11,14H,2-4,6,8-9H2,1H3;1H. The number of nitrogens with zero attached hydrogens (tertiary/aromatic N) is 2. The molecule has 15 heavy (non-hydrogen) atoms. The molecule has 0 aliphatic rings. The molecular weight excluding hydrogens is 214 g/mol. The smallest absolute Gasteiger partial charge is 0.0521 e. The van der Waals surface area contributed by atoms with Gasteiger partial charge in [0, 0.05) is 25.9 Å². The summed E-state index contributed by atoms with van der Waals surface area (Å²) >= 11 is 0. The van der Waals surface area contributed by atoms with Gasteiger partial charge in [0.05, 0.1) is 5.69 Å². The lowest BCUT2D eigenvalue weighted by molar-refractivity contribution is 0.283. The molecule has 1 aromatic heterocycles. The van der Waals surface area contributed by atoms with Crippen LogP contribution in [0.4, 0.5) is 0 Å². The molecule has 0 spiro atoms. The zero-order valence-corrected chi connectivity index (χ0v) is 9.96. The minimum absolute atomic E-state index is 0. The summed E-state index contributed by atoms with van der Waals surface area (Å²) in [4.78, 5) is 0. The van der Waals surface area contributed by atoms with Crippen molar-refractivity contribution in [1.29, 1.82) is 0 Å². The number of hydrogen-bond acceptors (Lipinski definition) is 3. The van der Waals surface area contributed by atoms with E-state index in [0.717, 1.165) is 32.5 Å². The van der Waals surface area contributed by atoms with E-state index in [1.54, 1.807) is 0 Å². The molecule has 0 aliphatic carbocycles. The molecule has 0 saturated heterocycles. The summed E-state index contributed by atoms with van der Waals surface area (Å²) in [7, 11) is 0. The van der Waals surface area contributed by atoms with Gasteiger partial charge >= 0.3 is 0 Å². The van der Waals surface area contributed by atoms with Crippen LogP contribution in [0.15, 0.2) is 12.3 Å². The summed E-state index contributed by atoms with van der Waals surface area (Å²) in [6, 6.07) is 2.03. The first-order valence-electron chi connectivity index (χ1n) is 5.20. The lowest BCUT2D eigenvalue weighted by Crippen LogP contribution is -2.17. The summed E-state index contributed by atoms with van der Waals surface area (Å²) in [5, 5.41) is 16.1. The fraction of sp³-hybridized carbons (Fsp3) is 0.700. The van der Waals surface area contributed by atoms with Crippen LogP contribution >= 0.6 is 12.4 Å². The van der Waals surface area contributed by atoms with E-state index in [4.69, 9.17) is 5.11 Å². The average Bonchev–Trinajstić information content (AvgIpc) is 2.65. The second-order valence-electron chi connectivity index (χ2n) is 3.25. The number of aryl methyl sites for hydroxylation is 1. The summed E-state index contributed by atoms with van der Waals surface area (Å²) in [5.74, 6) is 0. The number of hydrogen-bond donors (Lipinski definition) is 2. The van der Waals surface area contributed by atoms with Gasteiger partial charge in [0.2, 0.25) is 0 Å². The Morgan fingerprint density at radius 1 is 1.47 bits per heavy atom. The molecule has 88 valence electrons. The molecule has 0 aliphatic heterocycles. The molecule has 0 atom stereocenters. The van der Waals surface area contributed by atoms with Gasteiger partial charge in [0.25, 0.3) is 0 Å². The highest BCUT2D eigenvalue weighted by Gasteiger charge is 1.98. The molecule has 0 amide bonds. The molecule has 0 saturated carbocycles. The number of aliphatic hydroxyl groups excluding tert-OH is 1. The second-order valence-corrected chi connectivity index (χ2v) is 3.25. The van der Waals surface area contributed by atoms with E-state index >= 15 is 0 Å². The van der Waals surface area contributed by atoms with Gasteiger partial charge in [-0.2, -0.15) is 5.10 Å². The first kappa shape index (κ1) is 14.4. The van der Waals surface area contributed by atoms with Crippen LogP contribution in [0.5, 0.6) is 0 Å². The van der Waals surface area contributed by atoms with Crippen LogP contribution in [0.2, 0.25) is 0 Å². The fourth-order valence-electron chi connectivity index (χ4n) is 1.37. The van der Waals surface area contributed by atoms with Crippen molar-refractivity contribution in [3.05, 3.63) is 18.0 Å². The predicted molar refractivity (Wildman–Crippen MR) is 63.2 cm³/mol. The number of aliphatic hydroxyl groups is 1. The number of aromatic nitrogens is 2. The number of halogens is 1. The van der Waals surface area contributed by atoms with Gasteiger partial charge in [-0.05, 0) is 32.4 Å². The van der Waals surface area contributed by atoms with Gasteiger partial charge < -0.3 is 10.4 Å². The van der Waals surface area contributed by atoms with Crippen molar-refractivity contribution in [1.82, 2.24) is 15.1 Å². The van der Waals surface area contributed by atoms with Crippen LogP contribution in [-0.4, -0.2) is 28.0 Å². The van der Waals surface area contributed by atoms with E-state index in [9.17, 15) is 0 Å². The Balaban J connectivity index is 0.00000196. The highest BCUT2D eigenvalue weighted by atomic mass is 35.5. The monoisotopic (exact) mass is 233 g/mol. The van der Waals surface area contributed by atoms with Gasteiger partial charge in [-0.25, -0.2) is 0 Å². The maximum Gasteiger partial charge on any atom is 0.0521 e. The quantitative estimate of drug-likeness (QED) is 0.696. The minimum Gasteiger partial charge on any atom is -0.396 e. The lowest BCUT2D eigenvalue weighted by atomic mass is 10.3. The SMILES string of the molecule is CCn1nccc1CNCCCCO.Cl. The molecule has 0 bridgehead atoms. The summed E-state index contributed by atoms with van der Waals surface area (Å²) in [6.45, 7) is 5.10. The second kappa shape index (κ2) is 8.71. The molecule has 5 heteroatoms. The van der Waals surface area contributed by atoms with Crippen molar-refractivity contribution < 1.29 is 5.11 Å². The van der Waals surface area contributed by atoms with E-state index in [1.165, 1.54) is 5.69 Å². The molecule has 0 fully saturated rings. The minimum atomic E-state index is 0. The Morgan fingerprint density at radius 2 is 2.27 bits per heavy atom. The Labute approximate surface area is 97.1 Å². The molecule has 1 rings (SSSR count). The molecule has 0 radical (unpaired) electrons. The Hall–Kier alpha value is -0.580. The molecule has 0 unspecified atom stereocenters. The molecule has 2 N–H and O–H groups in total. The van der Waals surface area contributed by atoms with Crippen molar-refractivity contribution >= 4 is 12.4 Å². The summed E-state index contributed by atoms with van der Waals surface area (Å²) in [5.41, 5.74) is 1.22. The van der Waals surface area contributed by atoms with Crippen LogP contribution in [0.1, 0.15) is 25.5 Å². The molecule has 1 heterocycles. The van der Waals surface area contributed by atoms with Crippen LogP contribution in [0.3, 0.4) is 0 Å². The van der Waals surface area contributed by atoms with Crippen LogP contribution in [0, 0.1) is 0 Å². The number of rotatable bonds is 7. The topological polar surface area (TPSA) is 50.1 Å². The van der Waals surface area contributed by atoms with Gasteiger partial charge in [-0.1, -0.05) is 0 Å². The third-order valence-corrected chi connectivity index (χ3v) is 2.17. The van der Waals surface area contributed by atoms with Gasteiger partial charge in [-0.3, -0.25) is 4.68 Å². The number of unbranched alkanes of at least 4 members (excludes halogenated alkanes) is 1. The Bertz CT molecular complexity index is 253. The van der Waals surface area contributed by atoms with Crippen molar-refractivity contribution in [3.63, 3.8) is 0 Å². The van der Waals surface area contributed by atoms with Crippen LogP contribution in [0.25, 0.3) is 0 Å². The molecule has 0 aromatic carbocycles. The zero-order valence-electron chi connectivity index (χ0n) is 9.15. The van der Waals surface area contributed by atoms with Gasteiger partial charge in [-0.15, -0.1) is 12.4 Å². The van der Waals surface area contributed by atoms with E-state index in [0.29, 0.717) is 0 Å². The Morgan fingerprint density at radius 3 is 2.93 bits per heavy atom. The fourth-order valence-corrected chi connectivity index (χ4v) is 1.37. The third kappa shape index (κ3) is 5.16. The van der Waals surface area contributed by atoms with Gasteiger partial charge in [0.1, 0.15) is 0 Å². The average molecular weight is 234 g/mol.